The molecule has 2 N–H and O–H groups in total. The molecule has 0 radical (unpaired) electrons. The summed E-state index contributed by atoms with van der Waals surface area (Å²) in [5.41, 5.74) is 0.469. The van der Waals surface area contributed by atoms with Gasteiger partial charge in [0.1, 0.15) is 0 Å². The summed E-state index contributed by atoms with van der Waals surface area (Å²) >= 11 is 0. The van der Waals surface area contributed by atoms with Crippen molar-refractivity contribution in [2.45, 2.75) is 5.85 Å². The van der Waals surface area contributed by atoms with E-state index in [-0.39, 0.29) is 17.1 Å². The Morgan fingerprint density at radius 2 is 1.75 bits per heavy atom. The minimum absolute atomic E-state index is 0. The zero-order valence-corrected chi connectivity index (χ0v) is 8.07. The van der Waals surface area contributed by atoms with Gasteiger partial charge in [-0.05, 0) is 4.57 Å². The first-order valence-corrected chi connectivity index (χ1v) is 4.38. The second-order valence-electron chi connectivity index (χ2n) is 2.09. The molecule has 0 aromatic heterocycles. The van der Waals surface area contributed by atoms with E-state index in [0.717, 1.165) is 0 Å². The summed E-state index contributed by atoms with van der Waals surface area (Å²) in [6.07, 6.45) is 0. The Balaban J connectivity index is 0.00000121. The van der Waals surface area contributed by atoms with Gasteiger partial charge in [-0.1, -0.05) is 30.3 Å². The van der Waals surface area contributed by atoms with Gasteiger partial charge in [0.05, 0.1) is 0 Å². The topological polar surface area (TPSA) is 57.5 Å². The summed E-state index contributed by atoms with van der Waals surface area (Å²) < 4.78 is 10.4. The third kappa shape index (κ3) is 3.02. The molecule has 0 spiro atoms. The third-order valence-corrected chi connectivity index (χ3v) is 2.02. The van der Waals surface area contributed by atoms with Gasteiger partial charge in [0.2, 0.25) is 0 Å². The number of rotatable bonds is 2. The SMILES string of the molecule is O=[P+](O)C(O)c1ccccc1.[Fe]. The van der Waals surface area contributed by atoms with Crippen molar-refractivity contribution >= 4 is 8.03 Å². The molecule has 2 atom stereocenters. The quantitative estimate of drug-likeness (QED) is 0.593. The van der Waals surface area contributed by atoms with E-state index in [1.807, 2.05) is 0 Å². The zero-order chi connectivity index (χ0) is 8.27. The fraction of sp³-hybridized carbons (Fsp3) is 0.143. The number of benzene rings is 1. The van der Waals surface area contributed by atoms with Crippen molar-refractivity contribution in [1.29, 1.82) is 0 Å². The van der Waals surface area contributed by atoms with Gasteiger partial charge in [-0.3, -0.25) is 0 Å². The van der Waals surface area contributed by atoms with Gasteiger partial charge in [0.15, 0.2) is 0 Å². The molecule has 5 heteroatoms. The smallest absolute Gasteiger partial charge is 0.345 e. The van der Waals surface area contributed by atoms with E-state index in [2.05, 4.69) is 0 Å². The molecule has 0 bridgehead atoms. The van der Waals surface area contributed by atoms with Crippen LogP contribution in [-0.2, 0) is 21.6 Å². The van der Waals surface area contributed by atoms with Crippen LogP contribution in [0.3, 0.4) is 0 Å². The summed E-state index contributed by atoms with van der Waals surface area (Å²) in [5.74, 6) is -1.26. The normalized spacial score (nSPS) is 13.0. The van der Waals surface area contributed by atoms with Gasteiger partial charge in [-0.25, -0.2) is 0 Å². The van der Waals surface area contributed by atoms with E-state index >= 15 is 0 Å². The standard InChI is InChI=1S/C7H7O3P.Fe/c8-7(11(9)10)6-4-2-1-3-5-6;/h1-5,7-8H;/p+1. The van der Waals surface area contributed by atoms with Crippen LogP contribution in [0.25, 0.3) is 0 Å². The van der Waals surface area contributed by atoms with Crippen LogP contribution in [0.2, 0.25) is 0 Å². The Morgan fingerprint density at radius 1 is 1.25 bits per heavy atom. The van der Waals surface area contributed by atoms with Crippen molar-refractivity contribution in [3.05, 3.63) is 35.9 Å². The molecule has 0 aliphatic carbocycles. The van der Waals surface area contributed by atoms with E-state index in [4.69, 9.17) is 10.00 Å². The molecule has 0 aliphatic heterocycles. The van der Waals surface area contributed by atoms with Crippen LogP contribution in [0.1, 0.15) is 11.4 Å². The first kappa shape index (κ1) is 11.8. The van der Waals surface area contributed by atoms with Crippen molar-refractivity contribution in [2.24, 2.45) is 0 Å². The molecular weight excluding hydrogens is 219 g/mol. The van der Waals surface area contributed by atoms with E-state index in [1.54, 1.807) is 30.3 Å². The van der Waals surface area contributed by atoms with E-state index in [1.165, 1.54) is 0 Å². The number of aliphatic hydroxyl groups excluding tert-OH is 1. The Hall–Kier alpha value is -0.241. The van der Waals surface area contributed by atoms with Gasteiger partial charge in [0, 0.05) is 22.6 Å². The van der Waals surface area contributed by atoms with Crippen LogP contribution in [0, 0.1) is 0 Å². The monoisotopic (exact) mass is 227 g/mol. The Morgan fingerprint density at radius 3 is 2.17 bits per heavy atom. The third-order valence-electron chi connectivity index (χ3n) is 1.31. The van der Waals surface area contributed by atoms with Crippen molar-refractivity contribution in [2.75, 3.05) is 0 Å². The van der Waals surface area contributed by atoms with Crippen molar-refractivity contribution < 1.29 is 31.6 Å². The van der Waals surface area contributed by atoms with Gasteiger partial charge >= 0.3 is 13.9 Å². The second-order valence-corrected chi connectivity index (χ2v) is 3.18. The number of hydrogen-bond acceptors (Lipinski definition) is 2. The number of aliphatic hydroxyl groups is 1. The Labute approximate surface area is 81.8 Å². The predicted octanol–water partition coefficient (Wildman–Crippen LogP) is 1.41. The van der Waals surface area contributed by atoms with E-state index < -0.39 is 13.9 Å². The van der Waals surface area contributed by atoms with Crippen molar-refractivity contribution in [1.82, 2.24) is 0 Å². The molecule has 0 amide bonds. The Kier molecular flexibility index (Phi) is 5.30. The molecule has 0 saturated heterocycles. The van der Waals surface area contributed by atoms with Gasteiger partial charge in [0.25, 0.3) is 0 Å². The molecule has 2 unspecified atom stereocenters. The average molecular weight is 227 g/mol. The molecule has 0 saturated carbocycles. The Bertz CT molecular complexity index is 252. The summed E-state index contributed by atoms with van der Waals surface area (Å²) in [5, 5.41) is 9.06. The molecule has 12 heavy (non-hydrogen) atoms. The van der Waals surface area contributed by atoms with Gasteiger partial charge in [-0.2, -0.15) is 4.89 Å². The zero-order valence-electron chi connectivity index (χ0n) is 6.07. The fourth-order valence-corrected chi connectivity index (χ4v) is 1.18. The van der Waals surface area contributed by atoms with Crippen LogP contribution in [0.5, 0.6) is 0 Å². The minimum atomic E-state index is -2.53. The molecule has 1 aromatic carbocycles. The average Bonchev–Trinajstić information content (AvgIpc) is 2.05. The summed E-state index contributed by atoms with van der Waals surface area (Å²) in [4.78, 5) is 8.53. The van der Waals surface area contributed by atoms with Gasteiger partial charge in [-0.15, -0.1) is 0 Å². The molecule has 3 nitrogen and oxygen atoms in total. The maximum Gasteiger partial charge on any atom is 0.542 e. The fourth-order valence-electron chi connectivity index (χ4n) is 0.753. The van der Waals surface area contributed by atoms with Crippen LogP contribution >= 0.6 is 8.03 Å². The minimum Gasteiger partial charge on any atom is -0.345 e. The molecule has 66 valence electrons. The van der Waals surface area contributed by atoms with Crippen molar-refractivity contribution in [3.8, 4) is 0 Å². The first-order chi connectivity index (χ1) is 5.22. The maximum atomic E-state index is 10.4. The van der Waals surface area contributed by atoms with Crippen LogP contribution < -0.4 is 0 Å². The number of hydrogen-bond donors (Lipinski definition) is 2. The molecule has 0 fully saturated rings. The summed E-state index contributed by atoms with van der Waals surface area (Å²) in [6.45, 7) is 0. The second kappa shape index (κ2) is 5.41. The van der Waals surface area contributed by atoms with E-state index in [0.29, 0.717) is 5.56 Å². The van der Waals surface area contributed by atoms with Crippen LogP contribution in [0.4, 0.5) is 0 Å². The molecular formula is C7H8FeO3P+. The summed E-state index contributed by atoms with van der Waals surface area (Å²) in [7, 11) is -2.53. The first-order valence-electron chi connectivity index (χ1n) is 3.10. The van der Waals surface area contributed by atoms with Crippen LogP contribution in [-0.4, -0.2) is 10.00 Å². The van der Waals surface area contributed by atoms with E-state index in [9.17, 15) is 4.57 Å². The van der Waals surface area contributed by atoms with Crippen LogP contribution in [0.15, 0.2) is 30.3 Å². The van der Waals surface area contributed by atoms with Crippen molar-refractivity contribution in [3.63, 3.8) is 0 Å². The largest absolute Gasteiger partial charge is 0.542 e. The molecule has 1 rings (SSSR count). The molecule has 0 heterocycles. The molecule has 0 aliphatic rings. The van der Waals surface area contributed by atoms with Gasteiger partial charge < -0.3 is 5.11 Å². The predicted molar refractivity (Wildman–Crippen MR) is 41.2 cm³/mol. The summed E-state index contributed by atoms with van der Waals surface area (Å²) in [6, 6.07) is 8.40. The molecule has 1 aromatic rings. The maximum absolute atomic E-state index is 10.4.